The summed E-state index contributed by atoms with van der Waals surface area (Å²) in [4.78, 5) is 0. The van der Waals surface area contributed by atoms with Gasteiger partial charge in [0.2, 0.25) is 5.88 Å². The lowest BCUT2D eigenvalue weighted by Gasteiger charge is -2.05. The standard InChI is InChI=1S/C12H8BrN3O/c1-8-6-10(3-4-11(8)13)17-12-5-2-9(7-14)15-16-12/h2-6H,1H3. The van der Waals surface area contributed by atoms with Crippen LogP contribution in [0.15, 0.2) is 34.8 Å². The number of aromatic nitrogens is 2. The Hall–Kier alpha value is -1.93. The Kier molecular flexibility index (Phi) is 3.35. The predicted molar refractivity (Wildman–Crippen MR) is 65.7 cm³/mol. The molecule has 2 aromatic rings. The molecule has 0 radical (unpaired) electrons. The normalized spacial score (nSPS) is 9.71. The Morgan fingerprint density at radius 2 is 2.06 bits per heavy atom. The van der Waals surface area contributed by atoms with Crippen molar-refractivity contribution in [3.05, 3.63) is 46.1 Å². The van der Waals surface area contributed by atoms with E-state index < -0.39 is 0 Å². The van der Waals surface area contributed by atoms with Crippen molar-refractivity contribution >= 4 is 15.9 Å². The number of hydrogen-bond donors (Lipinski definition) is 0. The fourth-order valence-corrected chi connectivity index (χ4v) is 1.48. The van der Waals surface area contributed by atoms with Gasteiger partial charge in [-0.2, -0.15) is 5.26 Å². The van der Waals surface area contributed by atoms with Gasteiger partial charge >= 0.3 is 0 Å². The first-order chi connectivity index (χ1) is 8.19. The summed E-state index contributed by atoms with van der Waals surface area (Å²) >= 11 is 3.41. The van der Waals surface area contributed by atoms with E-state index >= 15 is 0 Å². The molecule has 1 aromatic carbocycles. The maximum absolute atomic E-state index is 8.59. The molecule has 0 saturated heterocycles. The summed E-state index contributed by atoms with van der Waals surface area (Å²) in [7, 11) is 0. The molecule has 5 heteroatoms. The summed E-state index contributed by atoms with van der Waals surface area (Å²) in [5.74, 6) is 1.05. The fraction of sp³-hybridized carbons (Fsp3) is 0.0833. The zero-order valence-electron chi connectivity index (χ0n) is 9.01. The Labute approximate surface area is 107 Å². The van der Waals surface area contributed by atoms with Crippen LogP contribution >= 0.6 is 15.9 Å². The van der Waals surface area contributed by atoms with Crippen LogP contribution in [0.25, 0.3) is 0 Å². The van der Waals surface area contributed by atoms with Crippen molar-refractivity contribution in [1.29, 1.82) is 5.26 Å². The van der Waals surface area contributed by atoms with Gasteiger partial charge in [-0.1, -0.05) is 15.9 Å². The van der Waals surface area contributed by atoms with Gasteiger partial charge in [-0.15, -0.1) is 10.2 Å². The lowest BCUT2D eigenvalue weighted by atomic mass is 10.2. The van der Waals surface area contributed by atoms with E-state index in [1.807, 2.05) is 31.2 Å². The van der Waals surface area contributed by atoms with Gasteiger partial charge in [-0.25, -0.2) is 0 Å². The number of benzene rings is 1. The second-order valence-corrected chi connectivity index (χ2v) is 4.24. The maximum Gasteiger partial charge on any atom is 0.238 e. The SMILES string of the molecule is Cc1cc(Oc2ccc(C#N)nn2)ccc1Br. The molecule has 0 aliphatic heterocycles. The second kappa shape index (κ2) is 4.93. The molecule has 1 heterocycles. The molecule has 0 bridgehead atoms. The van der Waals surface area contributed by atoms with Crippen LogP contribution < -0.4 is 4.74 Å². The van der Waals surface area contributed by atoms with Crippen molar-refractivity contribution in [2.45, 2.75) is 6.92 Å². The smallest absolute Gasteiger partial charge is 0.238 e. The van der Waals surface area contributed by atoms with Gasteiger partial charge in [0.05, 0.1) is 0 Å². The van der Waals surface area contributed by atoms with Crippen LogP contribution in [0.3, 0.4) is 0 Å². The number of hydrogen-bond acceptors (Lipinski definition) is 4. The highest BCUT2D eigenvalue weighted by atomic mass is 79.9. The van der Waals surface area contributed by atoms with Gasteiger partial charge in [0.15, 0.2) is 5.69 Å². The lowest BCUT2D eigenvalue weighted by molar-refractivity contribution is 0.454. The molecule has 0 fully saturated rings. The molecular weight excluding hydrogens is 282 g/mol. The molecule has 0 spiro atoms. The highest BCUT2D eigenvalue weighted by Gasteiger charge is 2.02. The monoisotopic (exact) mass is 289 g/mol. The minimum Gasteiger partial charge on any atom is -0.438 e. The molecule has 0 saturated carbocycles. The summed E-state index contributed by atoms with van der Waals surface area (Å²) < 4.78 is 6.53. The highest BCUT2D eigenvalue weighted by Crippen LogP contribution is 2.24. The molecule has 0 N–H and O–H groups in total. The third kappa shape index (κ3) is 2.80. The van der Waals surface area contributed by atoms with Crippen LogP contribution in [-0.2, 0) is 0 Å². The Bertz CT molecular complexity index is 575. The number of aryl methyl sites for hydroxylation is 1. The van der Waals surface area contributed by atoms with Gasteiger partial charge in [-0.05, 0) is 36.8 Å². The van der Waals surface area contributed by atoms with E-state index in [2.05, 4.69) is 26.1 Å². The molecule has 0 atom stereocenters. The molecule has 2 rings (SSSR count). The molecule has 1 aromatic heterocycles. The number of rotatable bonds is 2. The van der Waals surface area contributed by atoms with Crippen molar-refractivity contribution in [2.75, 3.05) is 0 Å². The maximum atomic E-state index is 8.59. The van der Waals surface area contributed by atoms with Crippen molar-refractivity contribution in [3.8, 4) is 17.7 Å². The van der Waals surface area contributed by atoms with E-state index in [1.54, 1.807) is 12.1 Å². The van der Waals surface area contributed by atoms with Crippen LogP contribution in [0, 0.1) is 18.3 Å². The van der Waals surface area contributed by atoms with Crippen molar-refractivity contribution in [2.24, 2.45) is 0 Å². The van der Waals surface area contributed by atoms with E-state index in [0.717, 1.165) is 10.0 Å². The molecule has 84 valence electrons. The van der Waals surface area contributed by atoms with Crippen LogP contribution in [0.2, 0.25) is 0 Å². The predicted octanol–water partition coefficient (Wildman–Crippen LogP) is 3.21. The Morgan fingerprint density at radius 3 is 2.65 bits per heavy atom. The average molecular weight is 290 g/mol. The number of nitrogens with zero attached hydrogens (tertiary/aromatic N) is 3. The van der Waals surface area contributed by atoms with Crippen LogP contribution in [-0.4, -0.2) is 10.2 Å². The zero-order chi connectivity index (χ0) is 12.3. The van der Waals surface area contributed by atoms with E-state index in [4.69, 9.17) is 10.00 Å². The molecule has 0 unspecified atom stereocenters. The topological polar surface area (TPSA) is 58.8 Å². The summed E-state index contributed by atoms with van der Waals surface area (Å²) in [6, 6.07) is 10.7. The summed E-state index contributed by atoms with van der Waals surface area (Å²) in [6.07, 6.45) is 0. The number of nitriles is 1. The summed E-state index contributed by atoms with van der Waals surface area (Å²) in [5, 5.41) is 16.1. The van der Waals surface area contributed by atoms with Crippen molar-refractivity contribution in [1.82, 2.24) is 10.2 Å². The Balaban J connectivity index is 2.20. The third-order valence-corrected chi connectivity index (χ3v) is 3.00. The van der Waals surface area contributed by atoms with Gasteiger partial charge in [0, 0.05) is 10.5 Å². The molecule has 4 nitrogen and oxygen atoms in total. The average Bonchev–Trinajstić information content (AvgIpc) is 2.35. The quantitative estimate of drug-likeness (QED) is 0.852. The first-order valence-corrected chi connectivity index (χ1v) is 5.66. The lowest BCUT2D eigenvalue weighted by Crippen LogP contribution is -1.92. The third-order valence-electron chi connectivity index (χ3n) is 2.11. The van der Waals surface area contributed by atoms with Crippen molar-refractivity contribution in [3.63, 3.8) is 0 Å². The fourth-order valence-electron chi connectivity index (χ4n) is 1.24. The van der Waals surface area contributed by atoms with E-state index in [1.165, 1.54) is 0 Å². The molecule has 17 heavy (non-hydrogen) atoms. The zero-order valence-corrected chi connectivity index (χ0v) is 10.6. The first-order valence-electron chi connectivity index (χ1n) is 4.87. The first kappa shape index (κ1) is 11.6. The second-order valence-electron chi connectivity index (χ2n) is 3.38. The largest absolute Gasteiger partial charge is 0.438 e. The van der Waals surface area contributed by atoms with E-state index in [-0.39, 0.29) is 5.69 Å². The number of ether oxygens (including phenoxy) is 1. The van der Waals surface area contributed by atoms with E-state index in [0.29, 0.717) is 11.6 Å². The Morgan fingerprint density at radius 1 is 1.24 bits per heavy atom. The molecular formula is C12H8BrN3O. The number of halogens is 1. The van der Waals surface area contributed by atoms with Gasteiger partial charge in [0.1, 0.15) is 11.8 Å². The van der Waals surface area contributed by atoms with E-state index in [9.17, 15) is 0 Å². The highest BCUT2D eigenvalue weighted by molar-refractivity contribution is 9.10. The molecule has 0 aliphatic rings. The van der Waals surface area contributed by atoms with Crippen molar-refractivity contribution < 1.29 is 4.74 Å². The summed E-state index contributed by atoms with van der Waals surface area (Å²) in [5.41, 5.74) is 1.34. The van der Waals surface area contributed by atoms with Crippen LogP contribution in [0.1, 0.15) is 11.3 Å². The van der Waals surface area contributed by atoms with Crippen LogP contribution in [0.5, 0.6) is 11.6 Å². The van der Waals surface area contributed by atoms with Crippen LogP contribution in [0.4, 0.5) is 0 Å². The van der Waals surface area contributed by atoms with Gasteiger partial charge in [0.25, 0.3) is 0 Å². The molecule has 0 aliphatic carbocycles. The minimum atomic E-state index is 0.268. The van der Waals surface area contributed by atoms with Gasteiger partial charge in [-0.3, -0.25) is 0 Å². The summed E-state index contributed by atoms with van der Waals surface area (Å²) in [6.45, 7) is 1.97. The molecule has 0 amide bonds. The van der Waals surface area contributed by atoms with Gasteiger partial charge < -0.3 is 4.74 Å². The minimum absolute atomic E-state index is 0.268.